The second-order valence-electron chi connectivity index (χ2n) is 6.17. The number of aliphatic hydroxyl groups excluding tert-OH is 1. The van der Waals surface area contributed by atoms with Crippen LogP contribution in [0.1, 0.15) is 39.7 Å². The van der Waals surface area contributed by atoms with E-state index < -0.39 is 5.60 Å². The van der Waals surface area contributed by atoms with Crippen molar-refractivity contribution in [3.63, 3.8) is 0 Å². The van der Waals surface area contributed by atoms with Gasteiger partial charge in [0.1, 0.15) is 5.60 Å². The lowest BCUT2D eigenvalue weighted by Gasteiger charge is -2.39. The van der Waals surface area contributed by atoms with Crippen LogP contribution < -0.4 is 0 Å². The number of hydrogen-bond donors (Lipinski definition) is 1. The van der Waals surface area contributed by atoms with Crippen LogP contribution in [0.5, 0.6) is 0 Å². The van der Waals surface area contributed by atoms with Crippen molar-refractivity contribution < 1.29 is 14.6 Å². The Kier molecular flexibility index (Phi) is 4.32. The zero-order valence-electron chi connectivity index (χ0n) is 12.3. The van der Waals surface area contributed by atoms with Gasteiger partial charge in [0.2, 0.25) is 0 Å². The number of amides is 1. The molecule has 1 N–H and O–H groups in total. The molecule has 6 heteroatoms. The summed E-state index contributed by atoms with van der Waals surface area (Å²) in [4.78, 5) is 13.8. The molecule has 2 unspecified atom stereocenters. The molecule has 0 saturated carbocycles. The normalized spacial score (nSPS) is 23.7. The smallest absolute Gasteiger partial charge is 0.410 e. The van der Waals surface area contributed by atoms with Crippen molar-refractivity contribution in [2.24, 2.45) is 0 Å². The van der Waals surface area contributed by atoms with Gasteiger partial charge in [-0.1, -0.05) is 0 Å². The SMILES string of the molecule is CC(C)(C)OC(=O)N1CCC(n2cccn2)CC1CO. The van der Waals surface area contributed by atoms with Crippen LogP contribution in [0.4, 0.5) is 4.79 Å². The molecule has 1 amide bonds. The van der Waals surface area contributed by atoms with E-state index in [1.807, 2.05) is 37.7 Å². The van der Waals surface area contributed by atoms with Gasteiger partial charge < -0.3 is 14.7 Å². The van der Waals surface area contributed by atoms with Gasteiger partial charge in [-0.3, -0.25) is 4.68 Å². The third-order valence-electron chi connectivity index (χ3n) is 3.43. The van der Waals surface area contributed by atoms with Crippen LogP contribution in [0.3, 0.4) is 0 Å². The average Bonchev–Trinajstić information content (AvgIpc) is 2.89. The van der Waals surface area contributed by atoms with Gasteiger partial charge in [0, 0.05) is 18.9 Å². The minimum Gasteiger partial charge on any atom is -0.444 e. The Morgan fingerprint density at radius 3 is 2.80 bits per heavy atom. The summed E-state index contributed by atoms with van der Waals surface area (Å²) in [6.07, 6.45) is 4.82. The first-order chi connectivity index (χ1) is 9.40. The van der Waals surface area contributed by atoms with E-state index in [0.717, 1.165) is 6.42 Å². The van der Waals surface area contributed by atoms with E-state index in [2.05, 4.69) is 5.10 Å². The van der Waals surface area contributed by atoms with E-state index in [4.69, 9.17) is 4.74 Å². The molecule has 0 bridgehead atoms. The van der Waals surface area contributed by atoms with Crippen molar-refractivity contribution in [3.8, 4) is 0 Å². The van der Waals surface area contributed by atoms with Gasteiger partial charge in [-0.2, -0.15) is 5.10 Å². The number of rotatable bonds is 2. The van der Waals surface area contributed by atoms with Crippen LogP contribution in [0, 0.1) is 0 Å². The number of carbonyl (C=O) groups is 1. The van der Waals surface area contributed by atoms with Gasteiger partial charge in [-0.15, -0.1) is 0 Å². The Morgan fingerprint density at radius 1 is 1.50 bits per heavy atom. The van der Waals surface area contributed by atoms with Crippen molar-refractivity contribution in [2.75, 3.05) is 13.2 Å². The van der Waals surface area contributed by atoms with Gasteiger partial charge in [-0.25, -0.2) is 4.79 Å². The third-order valence-corrected chi connectivity index (χ3v) is 3.43. The topological polar surface area (TPSA) is 67.6 Å². The van der Waals surface area contributed by atoms with Crippen molar-refractivity contribution in [2.45, 2.75) is 51.3 Å². The second-order valence-corrected chi connectivity index (χ2v) is 6.17. The summed E-state index contributed by atoms with van der Waals surface area (Å²) in [5, 5.41) is 13.8. The predicted molar refractivity (Wildman–Crippen MR) is 74.3 cm³/mol. The van der Waals surface area contributed by atoms with Gasteiger partial charge in [0.25, 0.3) is 0 Å². The molecule has 6 nitrogen and oxygen atoms in total. The van der Waals surface area contributed by atoms with Crippen LogP contribution >= 0.6 is 0 Å². The molecule has 1 aliphatic heterocycles. The number of likely N-dealkylation sites (tertiary alicyclic amines) is 1. The summed E-state index contributed by atoms with van der Waals surface area (Å²) in [7, 11) is 0. The van der Waals surface area contributed by atoms with Gasteiger partial charge >= 0.3 is 6.09 Å². The molecular weight excluding hydrogens is 258 g/mol. The molecule has 2 rings (SSSR count). The number of piperidine rings is 1. The third kappa shape index (κ3) is 3.50. The van der Waals surface area contributed by atoms with Crippen molar-refractivity contribution >= 4 is 6.09 Å². The van der Waals surface area contributed by atoms with Crippen molar-refractivity contribution in [1.29, 1.82) is 0 Å². The maximum Gasteiger partial charge on any atom is 0.410 e. The Hall–Kier alpha value is -1.56. The summed E-state index contributed by atoms with van der Waals surface area (Å²) in [6, 6.07) is 1.89. The lowest BCUT2D eigenvalue weighted by atomic mass is 9.98. The van der Waals surface area contributed by atoms with Crippen molar-refractivity contribution in [1.82, 2.24) is 14.7 Å². The molecular formula is C14H23N3O3. The fourth-order valence-electron chi connectivity index (χ4n) is 2.50. The highest BCUT2D eigenvalue weighted by atomic mass is 16.6. The molecule has 0 spiro atoms. The van der Waals surface area contributed by atoms with Crippen LogP contribution in [0.25, 0.3) is 0 Å². The molecule has 2 heterocycles. The van der Waals surface area contributed by atoms with E-state index in [1.165, 1.54) is 0 Å². The van der Waals surface area contributed by atoms with Crippen LogP contribution in [0.2, 0.25) is 0 Å². The second kappa shape index (κ2) is 5.83. The van der Waals surface area contributed by atoms with Crippen LogP contribution in [0.15, 0.2) is 18.5 Å². The maximum absolute atomic E-state index is 12.1. The van der Waals surface area contributed by atoms with Crippen LogP contribution in [-0.4, -0.2) is 50.7 Å². The molecule has 2 atom stereocenters. The molecule has 1 aromatic rings. The quantitative estimate of drug-likeness (QED) is 0.898. The first-order valence-corrected chi connectivity index (χ1v) is 7.00. The van der Waals surface area contributed by atoms with Crippen molar-refractivity contribution in [3.05, 3.63) is 18.5 Å². The van der Waals surface area contributed by atoms with E-state index in [1.54, 1.807) is 11.1 Å². The van der Waals surface area contributed by atoms with Gasteiger partial charge in [0.05, 0.1) is 18.7 Å². The first kappa shape index (κ1) is 14.8. The maximum atomic E-state index is 12.1. The summed E-state index contributed by atoms with van der Waals surface area (Å²) >= 11 is 0. The number of aliphatic hydroxyl groups is 1. The molecule has 0 aliphatic carbocycles. The van der Waals surface area contributed by atoms with E-state index >= 15 is 0 Å². The number of aromatic nitrogens is 2. The van der Waals surface area contributed by atoms with E-state index in [0.29, 0.717) is 13.0 Å². The summed E-state index contributed by atoms with van der Waals surface area (Å²) < 4.78 is 7.29. The number of ether oxygens (including phenoxy) is 1. The number of nitrogens with zero attached hydrogens (tertiary/aromatic N) is 3. The zero-order valence-corrected chi connectivity index (χ0v) is 12.3. The molecule has 20 heavy (non-hydrogen) atoms. The highest BCUT2D eigenvalue weighted by Gasteiger charge is 2.34. The van der Waals surface area contributed by atoms with Gasteiger partial charge in [-0.05, 0) is 39.7 Å². The minimum absolute atomic E-state index is 0.0585. The highest BCUT2D eigenvalue weighted by Crippen LogP contribution is 2.27. The fourth-order valence-corrected chi connectivity index (χ4v) is 2.50. The molecule has 112 valence electrons. The highest BCUT2D eigenvalue weighted by molar-refractivity contribution is 5.68. The number of hydrogen-bond acceptors (Lipinski definition) is 4. The Bertz CT molecular complexity index is 439. The summed E-state index contributed by atoms with van der Waals surface area (Å²) in [5.74, 6) is 0. The lowest BCUT2D eigenvalue weighted by Crippen LogP contribution is -2.50. The van der Waals surface area contributed by atoms with E-state index in [9.17, 15) is 9.90 Å². The zero-order chi connectivity index (χ0) is 14.8. The molecule has 1 aliphatic rings. The minimum atomic E-state index is -0.518. The Balaban J connectivity index is 2.01. The van der Waals surface area contributed by atoms with Crippen LogP contribution in [-0.2, 0) is 4.74 Å². The fraction of sp³-hybridized carbons (Fsp3) is 0.714. The largest absolute Gasteiger partial charge is 0.444 e. The monoisotopic (exact) mass is 281 g/mol. The Labute approximate surface area is 119 Å². The first-order valence-electron chi connectivity index (χ1n) is 7.00. The summed E-state index contributed by atoms with van der Waals surface area (Å²) in [5.41, 5.74) is -0.518. The predicted octanol–water partition coefficient (Wildman–Crippen LogP) is 1.82. The standard InChI is InChI=1S/C14H23N3O3/c1-14(2,3)20-13(19)16-8-5-11(9-12(16)10-18)17-7-4-6-15-17/h4,6-7,11-12,18H,5,8-10H2,1-3H3. The summed E-state index contributed by atoms with van der Waals surface area (Å²) in [6.45, 7) is 6.04. The molecule has 0 aromatic carbocycles. The number of carbonyl (C=O) groups excluding carboxylic acids is 1. The van der Waals surface area contributed by atoms with E-state index in [-0.39, 0.29) is 24.8 Å². The molecule has 0 radical (unpaired) electrons. The van der Waals surface area contributed by atoms with Gasteiger partial charge in [0.15, 0.2) is 0 Å². The molecule has 1 fully saturated rings. The molecule has 1 saturated heterocycles. The lowest BCUT2D eigenvalue weighted by molar-refractivity contribution is -0.00439. The average molecular weight is 281 g/mol. The molecule has 1 aromatic heterocycles. The Morgan fingerprint density at radius 2 is 2.25 bits per heavy atom.